The molecule has 1 saturated carbocycles. The van der Waals surface area contributed by atoms with Gasteiger partial charge in [-0.25, -0.2) is 9.97 Å². The Morgan fingerprint density at radius 2 is 1.76 bits per heavy atom. The van der Waals surface area contributed by atoms with Crippen LogP contribution < -0.4 is 16.6 Å². The Labute approximate surface area is 259 Å². The highest BCUT2D eigenvalue weighted by molar-refractivity contribution is 6.07. The Morgan fingerprint density at radius 3 is 2.42 bits per heavy atom. The Bertz CT molecular complexity index is 2030. The second kappa shape index (κ2) is 10.5. The molecule has 1 fully saturated rings. The lowest BCUT2D eigenvalue weighted by Crippen LogP contribution is -2.42. The topological polar surface area (TPSA) is 145 Å². The first-order chi connectivity index (χ1) is 21.5. The highest BCUT2D eigenvalue weighted by Crippen LogP contribution is 2.50. The average molecular weight is 603 g/mol. The van der Waals surface area contributed by atoms with Crippen LogP contribution in [0, 0.1) is 5.41 Å². The molecule has 0 radical (unpaired) electrons. The third-order valence-corrected chi connectivity index (χ3v) is 9.05. The van der Waals surface area contributed by atoms with Crippen molar-refractivity contribution in [3.05, 3.63) is 100 Å². The van der Waals surface area contributed by atoms with Gasteiger partial charge in [-0.05, 0) is 74.4 Å². The predicted octanol–water partition coefficient (Wildman–Crippen LogP) is 5.15. The third-order valence-electron chi connectivity index (χ3n) is 9.05. The van der Waals surface area contributed by atoms with Gasteiger partial charge in [0.25, 0.3) is 11.5 Å². The summed E-state index contributed by atoms with van der Waals surface area (Å²) >= 11 is 0. The molecule has 7 rings (SSSR count). The van der Waals surface area contributed by atoms with Crippen LogP contribution in [-0.2, 0) is 13.0 Å². The van der Waals surface area contributed by atoms with E-state index in [2.05, 4.69) is 15.3 Å². The molecule has 10 nitrogen and oxygen atoms in total. The van der Waals surface area contributed by atoms with Gasteiger partial charge in [0.1, 0.15) is 23.4 Å². The van der Waals surface area contributed by atoms with E-state index in [1.54, 1.807) is 30.5 Å². The number of para-hydroxylation sites is 1. The number of nitrogens with zero attached hydrogens (tertiary/aromatic N) is 4. The monoisotopic (exact) mass is 602 g/mol. The predicted molar refractivity (Wildman–Crippen MR) is 173 cm³/mol. The second-order valence-electron chi connectivity index (χ2n) is 13.0. The number of nitrogen functional groups attached to an aromatic ring is 1. The maximum Gasteiger partial charge on any atom is 0.268 e. The van der Waals surface area contributed by atoms with Crippen LogP contribution in [0.4, 0.5) is 11.5 Å². The van der Waals surface area contributed by atoms with E-state index in [-0.39, 0.29) is 16.8 Å². The zero-order valence-corrected chi connectivity index (χ0v) is 25.2. The minimum Gasteiger partial charge on any atom is -0.389 e. The summed E-state index contributed by atoms with van der Waals surface area (Å²) in [6.45, 7) is 3.75. The van der Waals surface area contributed by atoms with Crippen molar-refractivity contribution in [1.29, 1.82) is 0 Å². The molecule has 0 aliphatic heterocycles. The largest absolute Gasteiger partial charge is 0.389 e. The highest BCUT2D eigenvalue weighted by Gasteiger charge is 2.44. The number of carbonyl (C=O) groups excluding carboxylic acids is 2. The standard InChI is InChI=1S/C35H34N6O4/c1-34(2,45)19-40-18-26(29-30(36)37-20-38-31(29)40)21-9-11-22(12-10-21)39-32(43)25-15-24-27(16-35(13-6-14-35)17-28(24)42)41(33(25)44)23-7-4-3-5-8-23/h3-5,7-12,15,18,20,45H,6,13-14,16-17,19H2,1-2H3,(H,39,43)(H2,36,37,38). The smallest absolute Gasteiger partial charge is 0.268 e. The molecule has 0 saturated heterocycles. The molecule has 3 aromatic heterocycles. The fourth-order valence-corrected chi connectivity index (χ4v) is 6.80. The fraction of sp³-hybridized carbons (Fsp3) is 0.286. The van der Waals surface area contributed by atoms with Crippen molar-refractivity contribution < 1.29 is 14.7 Å². The van der Waals surface area contributed by atoms with Crippen LogP contribution in [-0.4, -0.2) is 41.5 Å². The van der Waals surface area contributed by atoms with E-state index >= 15 is 0 Å². The van der Waals surface area contributed by atoms with Gasteiger partial charge in [-0.15, -0.1) is 0 Å². The summed E-state index contributed by atoms with van der Waals surface area (Å²) in [4.78, 5) is 49.5. The minimum absolute atomic E-state index is 0.0222. The number of nitrogens with two attached hydrogens (primary N) is 1. The molecule has 228 valence electrons. The van der Waals surface area contributed by atoms with Crippen LogP contribution in [0.5, 0.6) is 0 Å². The number of hydrogen-bond donors (Lipinski definition) is 3. The molecule has 10 heteroatoms. The zero-order valence-electron chi connectivity index (χ0n) is 25.2. The van der Waals surface area contributed by atoms with Gasteiger partial charge < -0.3 is 20.7 Å². The number of anilines is 2. The van der Waals surface area contributed by atoms with Gasteiger partial charge in [0.2, 0.25) is 0 Å². The minimum atomic E-state index is -0.976. The molecule has 2 aromatic carbocycles. The van der Waals surface area contributed by atoms with Gasteiger partial charge >= 0.3 is 0 Å². The van der Waals surface area contributed by atoms with E-state index in [9.17, 15) is 19.5 Å². The van der Waals surface area contributed by atoms with Crippen molar-refractivity contribution in [1.82, 2.24) is 19.1 Å². The highest BCUT2D eigenvalue weighted by atomic mass is 16.3. The molecule has 2 aliphatic carbocycles. The maximum absolute atomic E-state index is 13.9. The molecule has 1 amide bonds. The summed E-state index contributed by atoms with van der Waals surface area (Å²) in [5.41, 5.74) is 9.10. The van der Waals surface area contributed by atoms with E-state index in [1.165, 1.54) is 12.4 Å². The van der Waals surface area contributed by atoms with Gasteiger partial charge in [0.15, 0.2) is 5.78 Å². The average Bonchev–Trinajstić information content (AvgIpc) is 3.34. The molecule has 0 unspecified atom stereocenters. The van der Waals surface area contributed by atoms with Crippen LogP contribution in [0.25, 0.3) is 27.8 Å². The Morgan fingerprint density at radius 1 is 1.02 bits per heavy atom. The Balaban J connectivity index is 1.23. The molecule has 5 aromatic rings. The van der Waals surface area contributed by atoms with Crippen LogP contribution in [0.2, 0.25) is 0 Å². The lowest BCUT2D eigenvalue weighted by atomic mass is 9.60. The van der Waals surface area contributed by atoms with Crippen molar-refractivity contribution in [2.45, 2.75) is 58.1 Å². The number of hydrogen-bond acceptors (Lipinski definition) is 7. The van der Waals surface area contributed by atoms with Crippen LogP contribution in [0.15, 0.2) is 78.0 Å². The molecule has 3 heterocycles. The van der Waals surface area contributed by atoms with E-state index in [4.69, 9.17) is 5.73 Å². The summed E-state index contributed by atoms with van der Waals surface area (Å²) in [6, 6.07) is 17.8. The van der Waals surface area contributed by atoms with Crippen molar-refractivity contribution in [3.63, 3.8) is 0 Å². The number of aromatic nitrogens is 4. The summed E-state index contributed by atoms with van der Waals surface area (Å²) in [5.74, 6) is -0.288. The second-order valence-corrected chi connectivity index (χ2v) is 13.0. The van der Waals surface area contributed by atoms with E-state index in [1.807, 2.05) is 53.2 Å². The zero-order chi connectivity index (χ0) is 31.5. The van der Waals surface area contributed by atoms with Gasteiger partial charge in [0, 0.05) is 40.8 Å². The quantitative estimate of drug-likeness (QED) is 0.244. The number of ketones is 1. The van der Waals surface area contributed by atoms with E-state index < -0.39 is 17.1 Å². The van der Waals surface area contributed by atoms with E-state index in [0.717, 1.165) is 30.4 Å². The lowest BCUT2D eigenvalue weighted by Gasteiger charge is -2.45. The first kappa shape index (κ1) is 28.7. The number of benzene rings is 2. The number of rotatable bonds is 6. The fourth-order valence-electron chi connectivity index (χ4n) is 6.80. The number of aliphatic hydroxyl groups is 1. The Kier molecular flexibility index (Phi) is 6.70. The SMILES string of the molecule is CC(C)(O)Cn1cc(-c2ccc(NC(=O)c3cc4c(n(-c5ccccc5)c3=O)CC3(CCC3)CC4=O)cc2)c2c(N)ncnc21. The molecule has 2 aliphatic rings. The van der Waals surface area contributed by atoms with Gasteiger partial charge in [-0.2, -0.15) is 0 Å². The van der Waals surface area contributed by atoms with Crippen molar-refractivity contribution in [3.8, 4) is 16.8 Å². The maximum atomic E-state index is 13.9. The van der Waals surface area contributed by atoms with Crippen molar-refractivity contribution in [2.24, 2.45) is 5.41 Å². The molecule has 0 atom stereocenters. The van der Waals surface area contributed by atoms with E-state index in [0.29, 0.717) is 58.9 Å². The first-order valence-corrected chi connectivity index (χ1v) is 15.1. The van der Waals surface area contributed by atoms with Gasteiger partial charge in [-0.1, -0.05) is 36.8 Å². The summed E-state index contributed by atoms with van der Waals surface area (Å²) in [7, 11) is 0. The molecular weight excluding hydrogens is 568 g/mol. The summed E-state index contributed by atoms with van der Waals surface area (Å²) < 4.78 is 3.40. The van der Waals surface area contributed by atoms with Gasteiger partial charge in [-0.3, -0.25) is 19.0 Å². The molecule has 0 bridgehead atoms. The lowest BCUT2D eigenvalue weighted by molar-refractivity contribution is 0.0626. The number of nitrogens with one attached hydrogen (secondary N) is 1. The molecule has 45 heavy (non-hydrogen) atoms. The molecular formula is C35H34N6O4. The van der Waals surface area contributed by atoms with Crippen LogP contribution in [0.1, 0.15) is 65.9 Å². The third kappa shape index (κ3) is 5.10. The van der Waals surface area contributed by atoms with Crippen LogP contribution in [0.3, 0.4) is 0 Å². The van der Waals surface area contributed by atoms with Gasteiger partial charge in [0.05, 0.1) is 17.5 Å². The molecule has 1 spiro atoms. The summed E-state index contributed by atoms with van der Waals surface area (Å²) in [5, 5.41) is 14.0. The number of carbonyl (C=O) groups is 2. The number of pyridine rings is 1. The number of Topliss-reactive ketones (excluding diaryl/α,β-unsaturated/α-hetero) is 1. The van der Waals surface area contributed by atoms with Crippen molar-refractivity contribution in [2.75, 3.05) is 11.1 Å². The van der Waals surface area contributed by atoms with Crippen molar-refractivity contribution >= 4 is 34.2 Å². The number of fused-ring (bicyclic) bond motifs is 2. The molecule has 4 N–H and O–H groups in total. The van der Waals surface area contributed by atoms with Crippen LogP contribution >= 0.6 is 0 Å². The first-order valence-electron chi connectivity index (χ1n) is 15.1. The normalized spacial score (nSPS) is 15.6. The number of amides is 1. The summed E-state index contributed by atoms with van der Waals surface area (Å²) in [6.07, 6.45) is 7.39. The Hall–Kier alpha value is -5.09.